The Balaban J connectivity index is 1.95. The first-order valence-corrected chi connectivity index (χ1v) is 5.79. The van der Waals surface area contributed by atoms with Crippen molar-refractivity contribution < 1.29 is 4.92 Å². The maximum absolute atomic E-state index is 10.8. The van der Waals surface area contributed by atoms with Crippen molar-refractivity contribution in [3.8, 4) is 0 Å². The second-order valence-electron chi connectivity index (χ2n) is 5.07. The molecule has 0 saturated carbocycles. The van der Waals surface area contributed by atoms with Crippen molar-refractivity contribution in [2.75, 3.05) is 20.3 Å². The third-order valence-electron chi connectivity index (χ3n) is 4.05. The summed E-state index contributed by atoms with van der Waals surface area (Å²) in [7, 11) is 2.11. The molecule has 0 amide bonds. The van der Waals surface area contributed by atoms with Crippen molar-refractivity contribution in [2.24, 2.45) is 0 Å². The van der Waals surface area contributed by atoms with Gasteiger partial charge in [0.15, 0.2) is 0 Å². The number of nitrogens with zero attached hydrogens (tertiary/aromatic N) is 2. The molecule has 1 N–H and O–H groups in total. The molecule has 0 radical (unpaired) electrons. The van der Waals surface area contributed by atoms with Crippen LogP contribution >= 0.6 is 0 Å². The van der Waals surface area contributed by atoms with Gasteiger partial charge in [0, 0.05) is 30.9 Å². The highest BCUT2D eigenvalue weighted by atomic mass is 16.6. The van der Waals surface area contributed by atoms with E-state index in [2.05, 4.69) is 17.3 Å². The van der Waals surface area contributed by atoms with Gasteiger partial charge < -0.3 is 5.32 Å². The van der Waals surface area contributed by atoms with Crippen LogP contribution in [-0.2, 0) is 12.8 Å². The maximum Gasteiger partial charge on any atom is 0.269 e. The highest BCUT2D eigenvalue weighted by Crippen LogP contribution is 2.36. The molecular formula is C12H15N3O2. The fraction of sp³-hybridized carbons (Fsp3) is 0.500. The third kappa shape index (κ3) is 1.54. The van der Waals surface area contributed by atoms with Crippen LogP contribution in [0, 0.1) is 10.1 Å². The van der Waals surface area contributed by atoms with Crippen molar-refractivity contribution in [1.82, 2.24) is 10.2 Å². The average Bonchev–Trinajstić information content (AvgIpc) is 2.82. The van der Waals surface area contributed by atoms with Crippen LogP contribution in [0.25, 0.3) is 0 Å². The zero-order valence-electron chi connectivity index (χ0n) is 9.77. The van der Waals surface area contributed by atoms with Crippen LogP contribution in [0.1, 0.15) is 11.1 Å². The molecular weight excluding hydrogens is 218 g/mol. The number of benzene rings is 1. The predicted octanol–water partition coefficient (Wildman–Crippen LogP) is 0.925. The average molecular weight is 233 g/mol. The molecule has 1 spiro atoms. The normalized spacial score (nSPS) is 27.6. The Labute approximate surface area is 99.6 Å². The lowest BCUT2D eigenvalue weighted by Crippen LogP contribution is -2.44. The molecule has 1 aliphatic heterocycles. The lowest BCUT2D eigenvalue weighted by atomic mass is 9.96. The zero-order valence-corrected chi connectivity index (χ0v) is 9.77. The lowest BCUT2D eigenvalue weighted by molar-refractivity contribution is -0.384. The van der Waals surface area contributed by atoms with Gasteiger partial charge in [-0.15, -0.1) is 0 Å². The van der Waals surface area contributed by atoms with E-state index in [1.807, 2.05) is 6.07 Å². The number of nitro groups is 1. The first-order valence-electron chi connectivity index (χ1n) is 5.79. The first-order chi connectivity index (χ1) is 8.11. The zero-order chi connectivity index (χ0) is 12.0. The molecule has 2 aliphatic rings. The van der Waals surface area contributed by atoms with Gasteiger partial charge in [-0.05, 0) is 31.0 Å². The number of fused-ring (bicyclic) bond motifs is 1. The molecule has 90 valence electrons. The Morgan fingerprint density at radius 1 is 1.41 bits per heavy atom. The van der Waals surface area contributed by atoms with Crippen LogP contribution < -0.4 is 5.32 Å². The monoisotopic (exact) mass is 233 g/mol. The molecule has 1 fully saturated rings. The minimum atomic E-state index is -0.318. The molecule has 3 rings (SSSR count). The van der Waals surface area contributed by atoms with Crippen LogP contribution in [-0.4, -0.2) is 35.6 Å². The number of hydrogen-bond acceptors (Lipinski definition) is 4. The topological polar surface area (TPSA) is 58.4 Å². The van der Waals surface area contributed by atoms with Gasteiger partial charge >= 0.3 is 0 Å². The summed E-state index contributed by atoms with van der Waals surface area (Å²) >= 11 is 0. The van der Waals surface area contributed by atoms with E-state index in [-0.39, 0.29) is 16.1 Å². The molecule has 1 aliphatic carbocycles. The minimum Gasteiger partial charge on any atom is -0.302 e. The largest absolute Gasteiger partial charge is 0.302 e. The lowest BCUT2D eigenvalue weighted by Gasteiger charge is -2.30. The molecule has 1 saturated heterocycles. The summed E-state index contributed by atoms with van der Waals surface area (Å²) in [6.45, 7) is 1.86. The van der Waals surface area contributed by atoms with Crippen LogP contribution in [0.3, 0.4) is 0 Å². The Morgan fingerprint density at radius 2 is 2.18 bits per heavy atom. The minimum absolute atomic E-state index is 0.136. The van der Waals surface area contributed by atoms with Crippen LogP contribution in [0.4, 0.5) is 5.69 Å². The highest BCUT2D eigenvalue weighted by Gasteiger charge is 2.43. The van der Waals surface area contributed by atoms with Crippen molar-refractivity contribution >= 4 is 5.69 Å². The first kappa shape index (κ1) is 10.7. The summed E-state index contributed by atoms with van der Waals surface area (Å²) in [6, 6.07) is 5.25. The quantitative estimate of drug-likeness (QED) is 0.579. The molecule has 0 unspecified atom stereocenters. The summed E-state index contributed by atoms with van der Waals surface area (Å²) in [4.78, 5) is 12.8. The van der Waals surface area contributed by atoms with E-state index in [9.17, 15) is 10.1 Å². The van der Waals surface area contributed by atoms with Crippen molar-refractivity contribution in [1.29, 1.82) is 0 Å². The summed E-state index contributed by atoms with van der Waals surface area (Å²) in [6.07, 6.45) is 1.90. The Morgan fingerprint density at radius 3 is 2.82 bits per heavy atom. The second kappa shape index (κ2) is 3.51. The van der Waals surface area contributed by atoms with Crippen molar-refractivity contribution in [3.05, 3.63) is 39.4 Å². The van der Waals surface area contributed by atoms with Gasteiger partial charge in [-0.25, -0.2) is 0 Å². The van der Waals surface area contributed by atoms with E-state index < -0.39 is 0 Å². The van der Waals surface area contributed by atoms with Crippen molar-refractivity contribution in [2.45, 2.75) is 18.4 Å². The number of likely N-dealkylation sites (N-methyl/N-ethyl adjacent to an activating group) is 1. The van der Waals surface area contributed by atoms with Gasteiger partial charge in [-0.3, -0.25) is 15.0 Å². The Hall–Kier alpha value is -1.46. The van der Waals surface area contributed by atoms with Crippen molar-refractivity contribution in [3.63, 3.8) is 0 Å². The van der Waals surface area contributed by atoms with Gasteiger partial charge in [0.25, 0.3) is 5.69 Å². The predicted molar refractivity (Wildman–Crippen MR) is 63.9 cm³/mol. The highest BCUT2D eigenvalue weighted by molar-refractivity contribution is 5.45. The molecule has 1 aromatic carbocycles. The van der Waals surface area contributed by atoms with Crippen LogP contribution in [0.2, 0.25) is 0 Å². The molecule has 0 aromatic heterocycles. The van der Waals surface area contributed by atoms with E-state index in [1.165, 1.54) is 5.56 Å². The molecule has 5 nitrogen and oxygen atoms in total. The van der Waals surface area contributed by atoms with E-state index in [0.717, 1.165) is 31.6 Å². The summed E-state index contributed by atoms with van der Waals surface area (Å²) < 4.78 is 0. The van der Waals surface area contributed by atoms with Gasteiger partial charge in [0.1, 0.15) is 0 Å². The fourth-order valence-electron chi connectivity index (χ4n) is 2.99. The Bertz CT molecular complexity index is 489. The summed E-state index contributed by atoms with van der Waals surface area (Å²) in [5.74, 6) is 0. The molecule has 1 atom stereocenters. The SMILES string of the molecule is CN1CNC[C@]12Cc1ccc([N+](=O)[O-])cc1C2. The molecule has 17 heavy (non-hydrogen) atoms. The number of nitrogens with one attached hydrogen (secondary N) is 1. The number of nitro benzene ring substituents is 1. The number of non-ortho nitro benzene ring substituents is 1. The molecule has 0 bridgehead atoms. The molecule has 1 heterocycles. The summed E-state index contributed by atoms with van der Waals surface area (Å²) in [5, 5.41) is 14.1. The van der Waals surface area contributed by atoms with Gasteiger partial charge in [0.2, 0.25) is 0 Å². The van der Waals surface area contributed by atoms with E-state index >= 15 is 0 Å². The third-order valence-corrected chi connectivity index (χ3v) is 4.05. The van der Waals surface area contributed by atoms with Gasteiger partial charge in [-0.2, -0.15) is 0 Å². The molecule has 1 aromatic rings. The number of hydrogen-bond donors (Lipinski definition) is 1. The van der Waals surface area contributed by atoms with Crippen LogP contribution in [0.15, 0.2) is 18.2 Å². The molecule has 5 heteroatoms. The van der Waals surface area contributed by atoms with E-state index in [0.29, 0.717) is 0 Å². The maximum atomic E-state index is 10.8. The number of rotatable bonds is 1. The standard InChI is InChI=1S/C12H15N3O2/c1-14-8-13-7-12(14)5-9-2-3-11(15(16)17)4-10(9)6-12/h2-4,13H,5-8H2,1H3/t12-/m1/s1. The summed E-state index contributed by atoms with van der Waals surface area (Å²) in [5.41, 5.74) is 2.73. The second-order valence-corrected chi connectivity index (χ2v) is 5.07. The fourth-order valence-corrected chi connectivity index (χ4v) is 2.99. The van der Waals surface area contributed by atoms with E-state index in [1.54, 1.807) is 12.1 Å². The van der Waals surface area contributed by atoms with Crippen LogP contribution in [0.5, 0.6) is 0 Å². The Kier molecular flexibility index (Phi) is 2.21. The van der Waals surface area contributed by atoms with Gasteiger partial charge in [-0.1, -0.05) is 6.07 Å². The van der Waals surface area contributed by atoms with E-state index in [4.69, 9.17) is 0 Å². The smallest absolute Gasteiger partial charge is 0.269 e. The van der Waals surface area contributed by atoms with Gasteiger partial charge in [0.05, 0.1) is 4.92 Å².